The van der Waals surface area contributed by atoms with Crippen LogP contribution in [0.1, 0.15) is 6.92 Å². The van der Waals surface area contributed by atoms with Gasteiger partial charge in [-0.2, -0.15) is 0 Å². The summed E-state index contributed by atoms with van der Waals surface area (Å²) in [7, 11) is -1.82. The van der Waals surface area contributed by atoms with Gasteiger partial charge in [0.15, 0.2) is 11.5 Å². The molecular weight excluding hydrogens is 304 g/mol. The molecule has 1 aliphatic heterocycles. The van der Waals surface area contributed by atoms with Gasteiger partial charge in [-0.25, -0.2) is 13.1 Å². The number of likely N-dealkylation sites (N-methyl/N-ethyl adjacent to an activating group) is 1. The molecule has 1 atom stereocenters. The number of hydrogen-bond donors (Lipinski definition) is 2. The van der Waals surface area contributed by atoms with E-state index >= 15 is 0 Å². The van der Waals surface area contributed by atoms with Crippen molar-refractivity contribution in [1.29, 1.82) is 0 Å². The largest absolute Gasteiger partial charge is 0.486 e. The molecule has 2 N–H and O–H groups in total. The quantitative estimate of drug-likeness (QED) is 0.837. The van der Waals surface area contributed by atoms with Crippen molar-refractivity contribution in [2.45, 2.75) is 17.9 Å². The van der Waals surface area contributed by atoms with E-state index < -0.39 is 10.0 Å². The molecule has 0 saturated heterocycles. The van der Waals surface area contributed by atoms with E-state index in [1.807, 2.05) is 6.92 Å². The second kappa shape index (κ2) is 7.12. The Kier molecular flexibility index (Phi) is 6.07. The Bertz CT molecular complexity index is 550. The van der Waals surface area contributed by atoms with Crippen molar-refractivity contribution in [3.8, 4) is 11.5 Å². The Labute approximate surface area is 125 Å². The van der Waals surface area contributed by atoms with E-state index in [0.717, 1.165) is 0 Å². The summed E-state index contributed by atoms with van der Waals surface area (Å²) in [5, 5.41) is 2.97. The number of rotatable bonds is 5. The minimum Gasteiger partial charge on any atom is -0.486 e. The molecular formula is C12H19ClN2O4S. The molecule has 0 saturated carbocycles. The van der Waals surface area contributed by atoms with Crippen molar-refractivity contribution < 1.29 is 17.9 Å². The number of para-hydroxylation sites is 1. The first kappa shape index (κ1) is 17.0. The lowest BCUT2D eigenvalue weighted by molar-refractivity contribution is 0.167. The van der Waals surface area contributed by atoms with Crippen LogP contribution in [-0.2, 0) is 10.0 Å². The van der Waals surface area contributed by atoms with Crippen LogP contribution >= 0.6 is 12.4 Å². The first-order valence-electron chi connectivity index (χ1n) is 6.10. The zero-order valence-corrected chi connectivity index (χ0v) is 13.0. The first-order valence-corrected chi connectivity index (χ1v) is 7.58. The van der Waals surface area contributed by atoms with E-state index in [1.54, 1.807) is 19.2 Å². The number of benzene rings is 1. The topological polar surface area (TPSA) is 76.7 Å². The van der Waals surface area contributed by atoms with Gasteiger partial charge in [0.2, 0.25) is 10.0 Å². The van der Waals surface area contributed by atoms with E-state index in [1.165, 1.54) is 6.07 Å². The number of hydrogen-bond acceptors (Lipinski definition) is 5. The maximum Gasteiger partial charge on any atom is 0.244 e. The summed E-state index contributed by atoms with van der Waals surface area (Å²) >= 11 is 0. The fourth-order valence-corrected chi connectivity index (χ4v) is 2.96. The summed E-state index contributed by atoms with van der Waals surface area (Å²) in [6.45, 7) is 2.99. The van der Waals surface area contributed by atoms with E-state index in [2.05, 4.69) is 10.0 Å². The molecule has 0 bridgehead atoms. The summed E-state index contributed by atoms with van der Waals surface area (Å²) in [5.41, 5.74) is 0. The third kappa shape index (κ3) is 3.76. The number of nitrogens with one attached hydrogen (secondary N) is 2. The van der Waals surface area contributed by atoms with Crippen LogP contribution in [-0.4, -0.2) is 41.3 Å². The molecule has 114 valence electrons. The van der Waals surface area contributed by atoms with Gasteiger partial charge in [0.05, 0.1) is 0 Å². The third-order valence-corrected chi connectivity index (χ3v) is 4.34. The molecule has 20 heavy (non-hydrogen) atoms. The van der Waals surface area contributed by atoms with Gasteiger partial charge in [-0.15, -0.1) is 12.4 Å². The van der Waals surface area contributed by atoms with Crippen molar-refractivity contribution in [2.75, 3.05) is 26.8 Å². The highest BCUT2D eigenvalue weighted by Crippen LogP contribution is 2.36. The van der Waals surface area contributed by atoms with Crippen LogP contribution in [0.25, 0.3) is 0 Å². The minimum absolute atomic E-state index is 0. The summed E-state index contributed by atoms with van der Waals surface area (Å²) in [6, 6.07) is 4.90. The van der Waals surface area contributed by atoms with Crippen molar-refractivity contribution in [3.63, 3.8) is 0 Å². The van der Waals surface area contributed by atoms with E-state index in [0.29, 0.717) is 31.3 Å². The highest BCUT2D eigenvalue weighted by molar-refractivity contribution is 7.89. The fourth-order valence-electron chi connectivity index (χ4n) is 1.67. The van der Waals surface area contributed by atoms with Gasteiger partial charge >= 0.3 is 0 Å². The van der Waals surface area contributed by atoms with E-state index in [-0.39, 0.29) is 23.3 Å². The molecule has 1 unspecified atom stereocenters. The monoisotopic (exact) mass is 322 g/mol. The lowest BCUT2D eigenvalue weighted by atomic mass is 10.3. The maximum atomic E-state index is 12.3. The Hall–Kier alpha value is -1.02. The van der Waals surface area contributed by atoms with Crippen LogP contribution in [0.15, 0.2) is 23.1 Å². The predicted molar refractivity (Wildman–Crippen MR) is 78.4 cm³/mol. The minimum atomic E-state index is -3.60. The average Bonchev–Trinajstić information content (AvgIpc) is 2.44. The lowest BCUT2D eigenvalue weighted by Gasteiger charge is -2.21. The van der Waals surface area contributed by atoms with Crippen LogP contribution in [0.5, 0.6) is 11.5 Å². The molecule has 1 heterocycles. The maximum absolute atomic E-state index is 12.3. The smallest absolute Gasteiger partial charge is 0.244 e. The number of sulfonamides is 1. The molecule has 0 spiro atoms. The summed E-state index contributed by atoms with van der Waals surface area (Å²) in [4.78, 5) is 0.119. The fraction of sp³-hybridized carbons (Fsp3) is 0.500. The molecule has 6 nitrogen and oxygen atoms in total. The SMILES string of the molecule is CNC(C)CNS(=O)(=O)c1cccc2c1OCCO2.Cl. The second-order valence-corrected chi connectivity index (χ2v) is 6.06. The predicted octanol–water partition coefficient (Wildman–Crippen LogP) is 0.766. The Morgan fingerprint density at radius 2 is 2.00 bits per heavy atom. The molecule has 0 aromatic heterocycles. The molecule has 1 aromatic rings. The van der Waals surface area contributed by atoms with Crippen LogP contribution in [0.3, 0.4) is 0 Å². The number of ether oxygens (including phenoxy) is 2. The van der Waals surface area contributed by atoms with Crippen molar-refractivity contribution >= 4 is 22.4 Å². The zero-order valence-electron chi connectivity index (χ0n) is 11.4. The normalized spacial score (nSPS) is 15.3. The summed E-state index contributed by atoms with van der Waals surface area (Å²) in [5.74, 6) is 0.758. The Morgan fingerprint density at radius 1 is 1.30 bits per heavy atom. The van der Waals surface area contributed by atoms with Gasteiger partial charge in [0.25, 0.3) is 0 Å². The van der Waals surface area contributed by atoms with Gasteiger partial charge in [0, 0.05) is 12.6 Å². The number of fused-ring (bicyclic) bond motifs is 1. The molecule has 1 aliphatic rings. The molecule has 0 fully saturated rings. The lowest BCUT2D eigenvalue weighted by Crippen LogP contribution is -2.37. The van der Waals surface area contributed by atoms with E-state index in [4.69, 9.17) is 9.47 Å². The van der Waals surface area contributed by atoms with Crippen LogP contribution in [0, 0.1) is 0 Å². The highest BCUT2D eigenvalue weighted by Gasteiger charge is 2.25. The molecule has 8 heteroatoms. The van der Waals surface area contributed by atoms with Gasteiger partial charge in [0.1, 0.15) is 18.1 Å². The standard InChI is InChI=1S/C12H18N2O4S.ClH/c1-9(13-2)8-14-19(15,16)11-5-3-4-10-12(11)18-7-6-17-10;/h3-5,9,13-14H,6-8H2,1-2H3;1H. The second-order valence-electron chi connectivity index (χ2n) is 4.32. The molecule has 1 aromatic carbocycles. The van der Waals surface area contributed by atoms with Crippen LogP contribution < -0.4 is 19.5 Å². The van der Waals surface area contributed by atoms with Gasteiger partial charge < -0.3 is 14.8 Å². The van der Waals surface area contributed by atoms with Crippen LogP contribution in [0.4, 0.5) is 0 Å². The molecule has 2 rings (SSSR count). The third-order valence-electron chi connectivity index (χ3n) is 2.89. The Balaban J connectivity index is 0.00000200. The first-order chi connectivity index (χ1) is 9.04. The molecule has 0 aliphatic carbocycles. The van der Waals surface area contributed by atoms with Gasteiger partial charge in [-0.3, -0.25) is 0 Å². The zero-order chi connectivity index (χ0) is 13.9. The highest BCUT2D eigenvalue weighted by atomic mass is 35.5. The van der Waals surface area contributed by atoms with Crippen molar-refractivity contribution in [3.05, 3.63) is 18.2 Å². The molecule has 0 radical (unpaired) electrons. The van der Waals surface area contributed by atoms with Crippen molar-refractivity contribution in [1.82, 2.24) is 10.0 Å². The van der Waals surface area contributed by atoms with E-state index in [9.17, 15) is 8.42 Å². The van der Waals surface area contributed by atoms with Gasteiger partial charge in [-0.1, -0.05) is 6.07 Å². The van der Waals surface area contributed by atoms with Crippen LogP contribution in [0.2, 0.25) is 0 Å². The van der Waals surface area contributed by atoms with Crippen molar-refractivity contribution in [2.24, 2.45) is 0 Å². The Morgan fingerprint density at radius 3 is 2.70 bits per heavy atom. The summed E-state index contributed by atoms with van der Waals surface area (Å²) in [6.07, 6.45) is 0. The van der Waals surface area contributed by atoms with Gasteiger partial charge in [-0.05, 0) is 26.1 Å². The average molecular weight is 323 g/mol. The molecule has 0 amide bonds. The summed E-state index contributed by atoms with van der Waals surface area (Å²) < 4.78 is 37.8. The number of halogens is 1.